The molecule has 2 nitrogen and oxygen atoms in total. The Hall–Kier alpha value is -1.72. The molecule has 0 aromatic heterocycles. The molecule has 0 saturated carbocycles. The van der Waals surface area contributed by atoms with Gasteiger partial charge < -0.3 is 10.1 Å². The maximum absolute atomic E-state index is 12.7. The lowest BCUT2D eigenvalue weighted by atomic mass is 10.1. The lowest BCUT2D eigenvalue weighted by Crippen LogP contribution is -2.16. The Kier molecular flexibility index (Phi) is 4.84. The smallest absolute Gasteiger partial charge is 0.416 e. The van der Waals surface area contributed by atoms with Crippen LogP contribution in [0.15, 0.2) is 54.5 Å². The monoisotopic (exact) mass is 350 g/mol. The van der Waals surface area contributed by atoms with Crippen LogP contribution in [0.4, 0.5) is 13.2 Å². The first-order valence-corrected chi connectivity index (χ1v) is 6.63. The summed E-state index contributed by atoms with van der Waals surface area (Å²) < 4.78 is 83.1. The maximum Gasteiger partial charge on any atom is 0.416 e. The van der Waals surface area contributed by atoms with Crippen molar-refractivity contribution in [2.24, 2.45) is 0 Å². The minimum absolute atomic E-state index is 0. The Labute approximate surface area is 147 Å². The zero-order valence-electron chi connectivity index (χ0n) is 17.3. The van der Waals surface area contributed by atoms with Crippen LogP contribution in [-0.2, 0) is 6.18 Å². The zero-order valence-corrected chi connectivity index (χ0v) is 13.1. The molecule has 0 aliphatic heterocycles. The van der Waals surface area contributed by atoms with E-state index in [-0.39, 0.29) is 30.1 Å². The number of alkyl halides is 3. The van der Waals surface area contributed by atoms with Crippen LogP contribution in [0.2, 0.25) is 0 Å². The van der Waals surface area contributed by atoms with Crippen molar-refractivity contribution in [1.82, 2.24) is 5.32 Å². The van der Waals surface area contributed by atoms with Gasteiger partial charge in [-0.1, -0.05) is 30.2 Å². The van der Waals surface area contributed by atoms with Crippen molar-refractivity contribution in [2.45, 2.75) is 18.7 Å². The lowest BCUT2D eigenvalue weighted by molar-refractivity contribution is -0.137. The number of hydrogen-bond acceptors (Lipinski definition) is 2. The molecule has 0 aliphatic rings. The van der Waals surface area contributed by atoms with Crippen molar-refractivity contribution >= 4 is 12.4 Å². The van der Waals surface area contributed by atoms with E-state index >= 15 is 0 Å². The molecule has 0 spiro atoms. The van der Waals surface area contributed by atoms with Crippen LogP contribution in [0.3, 0.4) is 0 Å². The van der Waals surface area contributed by atoms with Gasteiger partial charge in [0, 0.05) is 6.42 Å². The number of halogens is 4. The molecule has 0 unspecified atom stereocenters. The van der Waals surface area contributed by atoms with Crippen molar-refractivity contribution < 1.29 is 24.8 Å². The highest BCUT2D eigenvalue weighted by atomic mass is 35.5. The Bertz CT molecular complexity index is 789. The third kappa shape index (κ3) is 5.77. The summed E-state index contributed by atoms with van der Waals surface area (Å²) in [6.45, 7) is 0.410. The predicted molar refractivity (Wildman–Crippen MR) is 87.0 cm³/mol. The Morgan fingerprint density at radius 3 is 2.26 bits per heavy atom. The van der Waals surface area contributed by atoms with Gasteiger partial charge in [0.2, 0.25) is 0 Å². The summed E-state index contributed by atoms with van der Waals surface area (Å²) in [6.07, 6.45) is -5.15. The first-order chi connectivity index (χ1) is 12.6. The van der Waals surface area contributed by atoms with Crippen LogP contribution in [0.1, 0.15) is 30.5 Å². The van der Waals surface area contributed by atoms with E-state index in [0.29, 0.717) is 6.54 Å². The van der Waals surface area contributed by atoms with Crippen LogP contribution in [0.25, 0.3) is 0 Å². The second kappa shape index (κ2) is 8.79. The first kappa shape index (κ1) is 12.7. The van der Waals surface area contributed by atoms with Gasteiger partial charge in [-0.15, -0.1) is 12.4 Å². The molecule has 23 heavy (non-hydrogen) atoms. The summed E-state index contributed by atoms with van der Waals surface area (Å²) in [6, 6.07) is 1.74. The van der Waals surface area contributed by atoms with Crippen LogP contribution in [0, 0.1) is 0 Å². The molecular weight excluding hydrogens is 327 g/mol. The highest BCUT2D eigenvalue weighted by Crippen LogP contribution is 2.31. The van der Waals surface area contributed by atoms with E-state index in [1.807, 2.05) is 0 Å². The van der Waals surface area contributed by atoms with E-state index in [1.54, 1.807) is 7.05 Å². The summed E-state index contributed by atoms with van der Waals surface area (Å²) in [5.74, 6) is 0.107. The van der Waals surface area contributed by atoms with Gasteiger partial charge in [0.05, 0.1) is 12.4 Å². The minimum atomic E-state index is -4.48. The fourth-order valence-corrected chi connectivity index (χ4v) is 1.85. The van der Waals surface area contributed by atoms with Crippen LogP contribution >= 0.6 is 12.4 Å². The minimum Gasteiger partial charge on any atom is -0.486 e. The fraction of sp³-hybridized carbons (Fsp3) is 0.294. The number of hydrogen-bond donors (Lipinski definition) is 1. The van der Waals surface area contributed by atoms with Gasteiger partial charge in [-0.25, -0.2) is 0 Å². The quantitative estimate of drug-likeness (QED) is 0.803. The van der Waals surface area contributed by atoms with E-state index < -0.39 is 48.1 Å². The summed E-state index contributed by atoms with van der Waals surface area (Å²) in [7, 11) is 1.68. The molecule has 6 heteroatoms. The van der Waals surface area contributed by atoms with Crippen molar-refractivity contribution in [3.63, 3.8) is 0 Å². The normalized spacial score (nSPS) is 15.4. The summed E-state index contributed by atoms with van der Waals surface area (Å²) in [5.41, 5.74) is -0.861. The average molecular weight is 351 g/mol. The number of ether oxygens (including phenoxy) is 1. The van der Waals surface area contributed by atoms with Crippen molar-refractivity contribution in [2.75, 3.05) is 13.6 Å². The SMILES string of the molecule is Cl.[2H]c1c([2H])c([2H])c([C@@H](CCNC)Oc2ccc(C(F)(F)F)cc2)c([2H])c1[2H]. The molecule has 0 heterocycles. The van der Waals surface area contributed by atoms with Crippen molar-refractivity contribution in [3.05, 3.63) is 65.6 Å². The first-order valence-electron chi connectivity index (χ1n) is 9.13. The lowest BCUT2D eigenvalue weighted by Gasteiger charge is -2.20. The number of nitrogens with one attached hydrogen (secondary N) is 1. The highest BCUT2D eigenvalue weighted by molar-refractivity contribution is 5.85. The molecule has 0 bridgehead atoms. The molecule has 2 rings (SSSR count). The second-order valence-corrected chi connectivity index (χ2v) is 4.56. The largest absolute Gasteiger partial charge is 0.486 e. The zero-order chi connectivity index (χ0) is 20.4. The molecule has 0 radical (unpaired) electrons. The van der Waals surface area contributed by atoms with E-state index in [4.69, 9.17) is 11.6 Å². The third-order valence-corrected chi connectivity index (χ3v) is 2.96. The molecule has 2 aromatic carbocycles. The van der Waals surface area contributed by atoms with Gasteiger partial charge in [-0.2, -0.15) is 13.2 Å². The summed E-state index contributed by atoms with van der Waals surface area (Å²) in [4.78, 5) is 0. The highest BCUT2D eigenvalue weighted by Gasteiger charge is 2.30. The average Bonchev–Trinajstić information content (AvgIpc) is 2.62. The molecule has 126 valence electrons. The summed E-state index contributed by atoms with van der Waals surface area (Å²) >= 11 is 0. The van der Waals surface area contributed by atoms with E-state index in [0.717, 1.165) is 24.3 Å². The molecular formula is C17H19ClF3NO. The maximum atomic E-state index is 12.7. The van der Waals surface area contributed by atoms with Gasteiger partial charge in [-0.05, 0) is 43.4 Å². The van der Waals surface area contributed by atoms with Gasteiger partial charge in [0.25, 0.3) is 0 Å². The topological polar surface area (TPSA) is 21.3 Å². The van der Waals surface area contributed by atoms with Gasteiger partial charge in [-0.3, -0.25) is 0 Å². The fourth-order valence-electron chi connectivity index (χ4n) is 1.85. The molecule has 1 atom stereocenters. The Morgan fingerprint density at radius 1 is 1.13 bits per heavy atom. The number of benzene rings is 2. The predicted octanol–water partition coefficient (Wildman–Crippen LogP) is 4.86. The molecule has 0 saturated heterocycles. The molecule has 0 aliphatic carbocycles. The Morgan fingerprint density at radius 2 is 1.74 bits per heavy atom. The second-order valence-electron chi connectivity index (χ2n) is 4.56. The standard InChI is InChI=1S/C17H18F3NO.ClH/c1-21-12-11-16(13-5-3-2-4-6-13)22-15-9-7-14(8-10-15)17(18,19)20;/h2-10,16,21H,11-12H2,1H3;1H/t16-;/m1./s1/i2D,3D,4D,5D,6D;. The molecule has 0 fully saturated rings. The third-order valence-electron chi connectivity index (χ3n) is 2.96. The number of rotatable bonds is 6. The molecule has 0 amide bonds. The Balaban J connectivity index is 0.00000392. The van der Waals surface area contributed by atoms with E-state index in [1.165, 1.54) is 0 Å². The van der Waals surface area contributed by atoms with Crippen LogP contribution < -0.4 is 10.1 Å². The van der Waals surface area contributed by atoms with Crippen molar-refractivity contribution in [3.8, 4) is 5.75 Å². The van der Waals surface area contributed by atoms with Crippen LogP contribution in [-0.4, -0.2) is 13.6 Å². The van der Waals surface area contributed by atoms with Gasteiger partial charge in [0.15, 0.2) is 0 Å². The van der Waals surface area contributed by atoms with Gasteiger partial charge >= 0.3 is 6.18 Å². The molecule has 1 N–H and O–H groups in total. The van der Waals surface area contributed by atoms with E-state index in [9.17, 15) is 13.2 Å². The molecule has 2 aromatic rings. The van der Waals surface area contributed by atoms with Gasteiger partial charge in [0.1, 0.15) is 11.9 Å². The van der Waals surface area contributed by atoms with E-state index in [2.05, 4.69) is 5.32 Å². The van der Waals surface area contributed by atoms with Crippen LogP contribution in [0.5, 0.6) is 5.75 Å². The summed E-state index contributed by atoms with van der Waals surface area (Å²) in [5, 5.41) is 2.88. The van der Waals surface area contributed by atoms with Crippen molar-refractivity contribution in [1.29, 1.82) is 0 Å².